The van der Waals surface area contributed by atoms with Crippen LogP contribution in [0, 0.1) is 0 Å². The molecule has 1 amide bonds. The van der Waals surface area contributed by atoms with Crippen LogP contribution in [0.2, 0.25) is 0 Å². The van der Waals surface area contributed by atoms with E-state index in [9.17, 15) is 22.8 Å². The molecule has 0 saturated carbocycles. The van der Waals surface area contributed by atoms with E-state index in [0.29, 0.717) is 31.4 Å². The molecule has 0 atom stereocenters. The Kier molecular flexibility index (Phi) is 7.57. The maximum absolute atomic E-state index is 12.4. The maximum atomic E-state index is 12.4. The van der Waals surface area contributed by atoms with Crippen LogP contribution < -0.4 is 5.32 Å². The Balaban J connectivity index is 2.23. The van der Waals surface area contributed by atoms with Crippen LogP contribution in [0.1, 0.15) is 44.1 Å². The number of rotatable bonds is 8. The summed E-state index contributed by atoms with van der Waals surface area (Å²) in [6.45, 7) is 0. The Bertz CT molecular complexity index is 512. The van der Waals surface area contributed by atoms with Gasteiger partial charge in [-0.1, -0.05) is 12.8 Å². The zero-order valence-electron chi connectivity index (χ0n) is 12.9. The van der Waals surface area contributed by atoms with Gasteiger partial charge in [-0.25, -0.2) is 0 Å². The van der Waals surface area contributed by atoms with E-state index in [1.165, 1.54) is 19.2 Å². The summed E-state index contributed by atoms with van der Waals surface area (Å²) in [7, 11) is 1.34. The van der Waals surface area contributed by atoms with Crippen molar-refractivity contribution in [2.24, 2.45) is 0 Å². The molecule has 0 fully saturated rings. The first kappa shape index (κ1) is 19.0. The van der Waals surface area contributed by atoms with E-state index in [2.05, 4.69) is 10.1 Å². The molecule has 0 aliphatic heterocycles. The van der Waals surface area contributed by atoms with Crippen LogP contribution in [-0.4, -0.2) is 19.0 Å². The molecule has 0 aromatic heterocycles. The normalized spacial score (nSPS) is 11.1. The number of carbonyl (C=O) groups excluding carboxylic acids is 2. The summed E-state index contributed by atoms with van der Waals surface area (Å²) in [5, 5.41) is 2.56. The predicted octanol–water partition coefficient (Wildman–Crippen LogP) is 4.16. The van der Waals surface area contributed by atoms with Gasteiger partial charge >= 0.3 is 12.1 Å². The van der Waals surface area contributed by atoms with E-state index in [1.54, 1.807) is 0 Å². The first-order valence-electron chi connectivity index (χ1n) is 7.37. The number of hydrogen-bond acceptors (Lipinski definition) is 3. The van der Waals surface area contributed by atoms with Crippen LogP contribution in [0.5, 0.6) is 0 Å². The van der Waals surface area contributed by atoms with Crippen LogP contribution in [0.15, 0.2) is 24.3 Å². The Morgan fingerprint density at radius 3 is 2.09 bits per heavy atom. The molecule has 0 unspecified atom stereocenters. The minimum atomic E-state index is -4.38. The summed E-state index contributed by atoms with van der Waals surface area (Å²) >= 11 is 0. The van der Waals surface area contributed by atoms with E-state index >= 15 is 0 Å². The van der Waals surface area contributed by atoms with Crippen molar-refractivity contribution in [3.05, 3.63) is 29.8 Å². The third-order valence-electron chi connectivity index (χ3n) is 3.26. The molecule has 7 heteroatoms. The first-order valence-corrected chi connectivity index (χ1v) is 7.37. The van der Waals surface area contributed by atoms with Gasteiger partial charge in [0, 0.05) is 18.5 Å². The van der Waals surface area contributed by atoms with Gasteiger partial charge in [-0.3, -0.25) is 9.59 Å². The highest BCUT2D eigenvalue weighted by Gasteiger charge is 2.29. The zero-order chi connectivity index (χ0) is 17.3. The van der Waals surface area contributed by atoms with Crippen LogP contribution >= 0.6 is 0 Å². The van der Waals surface area contributed by atoms with E-state index in [0.717, 1.165) is 25.0 Å². The summed E-state index contributed by atoms with van der Waals surface area (Å²) in [5.41, 5.74) is -0.408. The standard InChI is InChI=1S/C16H20F3NO3/c1-23-15(22)7-5-3-2-4-6-14(21)20-13-10-8-12(9-11-13)16(17,18)19/h8-11H,2-7H2,1H3,(H,20,21). The quantitative estimate of drug-likeness (QED) is 0.575. The Hall–Kier alpha value is -2.05. The average Bonchev–Trinajstić information content (AvgIpc) is 2.50. The summed E-state index contributed by atoms with van der Waals surface area (Å²) in [5.74, 6) is -0.484. The lowest BCUT2D eigenvalue weighted by Gasteiger charge is -2.08. The molecule has 1 rings (SSSR count). The fourth-order valence-corrected chi connectivity index (χ4v) is 1.98. The van der Waals surface area contributed by atoms with Crippen molar-refractivity contribution >= 4 is 17.6 Å². The molecule has 4 nitrogen and oxygen atoms in total. The van der Waals surface area contributed by atoms with Crippen molar-refractivity contribution in [1.82, 2.24) is 0 Å². The monoisotopic (exact) mass is 331 g/mol. The molecule has 0 spiro atoms. The highest BCUT2D eigenvalue weighted by molar-refractivity contribution is 5.90. The SMILES string of the molecule is COC(=O)CCCCCCC(=O)Nc1ccc(C(F)(F)F)cc1. The van der Waals surface area contributed by atoms with Gasteiger partial charge in [0.2, 0.25) is 5.91 Å². The summed E-state index contributed by atoms with van der Waals surface area (Å²) in [4.78, 5) is 22.6. The predicted molar refractivity (Wildman–Crippen MR) is 79.8 cm³/mol. The highest BCUT2D eigenvalue weighted by atomic mass is 19.4. The molecule has 23 heavy (non-hydrogen) atoms. The number of unbranched alkanes of at least 4 members (excludes halogenated alkanes) is 3. The third kappa shape index (κ3) is 7.67. The van der Waals surface area contributed by atoms with Crippen molar-refractivity contribution in [3.8, 4) is 0 Å². The molecular formula is C16H20F3NO3. The minimum Gasteiger partial charge on any atom is -0.469 e. The summed E-state index contributed by atoms with van der Waals surface area (Å²) in [6.07, 6.45) is -0.721. The lowest BCUT2D eigenvalue weighted by Crippen LogP contribution is -2.11. The third-order valence-corrected chi connectivity index (χ3v) is 3.26. The van der Waals surface area contributed by atoms with Gasteiger partial charge in [-0.05, 0) is 37.1 Å². The van der Waals surface area contributed by atoms with Crippen molar-refractivity contribution in [1.29, 1.82) is 0 Å². The number of esters is 1. The molecule has 1 aromatic carbocycles. The summed E-state index contributed by atoms with van der Waals surface area (Å²) in [6, 6.07) is 4.33. The lowest BCUT2D eigenvalue weighted by molar-refractivity contribution is -0.141. The smallest absolute Gasteiger partial charge is 0.416 e. The molecule has 0 aliphatic carbocycles. The molecule has 0 radical (unpaired) electrons. The topological polar surface area (TPSA) is 55.4 Å². The first-order chi connectivity index (χ1) is 10.8. The fraction of sp³-hybridized carbons (Fsp3) is 0.500. The second-order valence-corrected chi connectivity index (χ2v) is 5.11. The van der Waals surface area contributed by atoms with Gasteiger partial charge < -0.3 is 10.1 Å². The van der Waals surface area contributed by atoms with E-state index < -0.39 is 11.7 Å². The highest BCUT2D eigenvalue weighted by Crippen LogP contribution is 2.29. The molecule has 1 aromatic rings. The van der Waals surface area contributed by atoms with E-state index in [4.69, 9.17) is 0 Å². The number of carbonyl (C=O) groups is 2. The number of ether oxygens (including phenoxy) is 1. The second-order valence-electron chi connectivity index (χ2n) is 5.11. The van der Waals surface area contributed by atoms with Crippen LogP contribution in [0.3, 0.4) is 0 Å². The van der Waals surface area contributed by atoms with Gasteiger partial charge in [0.15, 0.2) is 0 Å². The number of anilines is 1. The number of alkyl halides is 3. The molecular weight excluding hydrogens is 311 g/mol. The largest absolute Gasteiger partial charge is 0.469 e. The Morgan fingerprint density at radius 2 is 1.57 bits per heavy atom. The number of halogens is 3. The van der Waals surface area contributed by atoms with Crippen molar-refractivity contribution < 1.29 is 27.5 Å². The number of nitrogens with one attached hydrogen (secondary N) is 1. The van der Waals surface area contributed by atoms with Crippen molar-refractivity contribution in [3.63, 3.8) is 0 Å². The molecule has 0 aliphatic rings. The average molecular weight is 331 g/mol. The minimum absolute atomic E-state index is 0.238. The van der Waals surface area contributed by atoms with Crippen LogP contribution in [0.4, 0.5) is 18.9 Å². The van der Waals surface area contributed by atoms with E-state index in [-0.39, 0.29) is 11.9 Å². The van der Waals surface area contributed by atoms with Gasteiger partial charge in [-0.15, -0.1) is 0 Å². The van der Waals surface area contributed by atoms with Gasteiger partial charge in [-0.2, -0.15) is 13.2 Å². The molecule has 0 heterocycles. The zero-order valence-corrected chi connectivity index (χ0v) is 12.9. The second kappa shape index (κ2) is 9.17. The lowest BCUT2D eigenvalue weighted by atomic mass is 10.1. The Morgan fingerprint density at radius 1 is 1.00 bits per heavy atom. The fourth-order valence-electron chi connectivity index (χ4n) is 1.98. The molecule has 0 saturated heterocycles. The Labute approximate surface area is 133 Å². The molecule has 128 valence electrons. The van der Waals surface area contributed by atoms with Gasteiger partial charge in [0.25, 0.3) is 0 Å². The van der Waals surface area contributed by atoms with Crippen molar-refractivity contribution in [2.75, 3.05) is 12.4 Å². The molecule has 0 bridgehead atoms. The number of amides is 1. The van der Waals surface area contributed by atoms with Crippen LogP contribution in [0.25, 0.3) is 0 Å². The van der Waals surface area contributed by atoms with E-state index in [1.807, 2.05) is 0 Å². The number of methoxy groups -OCH3 is 1. The van der Waals surface area contributed by atoms with Crippen molar-refractivity contribution in [2.45, 2.75) is 44.7 Å². The maximum Gasteiger partial charge on any atom is 0.416 e. The summed E-state index contributed by atoms with van der Waals surface area (Å²) < 4.78 is 41.7. The molecule has 1 N–H and O–H groups in total. The van der Waals surface area contributed by atoms with Gasteiger partial charge in [0.05, 0.1) is 12.7 Å². The number of benzene rings is 1. The van der Waals surface area contributed by atoms with Crippen LogP contribution in [-0.2, 0) is 20.5 Å². The number of hydrogen-bond donors (Lipinski definition) is 1. The van der Waals surface area contributed by atoms with Gasteiger partial charge in [0.1, 0.15) is 0 Å².